The molecule has 140 valence electrons. The molecule has 8 heteroatoms. The van der Waals surface area contributed by atoms with Gasteiger partial charge in [0.1, 0.15) is 0 Å². The quantitative estimate of drug-likeness (QED) is 0.695. The summed E-state index contributed by atoms with van der Waals surface area (Å²) >= 11 is 1.88. The molecule has 1 fully saturated rings. The van der Waals surface area contributed by atoms with Gasteiger partial charge in [0.25, 0.3) is 5.78 Å². The Kier molecular flexibility index (Phi) is 4.35. The second-order valence-corrected chi connectivity index (χ2v) is 8.49. The summed E-state index contributed by atoms with van der Waals surface area (Å²) in [5.74, 6) is 1.53. The Morgan fingerprint density at radius 2 is 2.15 bits per heavy atom. The number of carbonyl (C=O) groups excluding carboxylic acids is 1. The highest BCUT2D eigenvalue weighted by Crippen LogP contribution is 2.34. The molecule has 0 bridgehead atoms. The average molecular weight is 382 g/mol. The molecule has 7 nitrogen and oxygen atoms in total. The number of rotatable bonds is 3. The van der Waals surface area contributed by atoms with Crippen molar-refractivity contribution in [2.24, 2.45) is 0 Å². The molecule has 1 aliphatic heterocycles. The molecular formula is C19H22N6OS. The number of hydrogen-bond acceptors (Lipinski definition) is 6. The summed E-state index contributed by atoms with van der Waals surface area (Å²) < 4.78 is 1.61. The SMILES string of the molecule is O=C(Cc1nc2ncccn2n1)N1CCCC(c2nc3c(s2)CCCC3)C1. The minimum Gasteiger partial charge on any atom is -0.342 e. The molecule has 1 atom stereocenters. The molecule has 0 aromatic carbocycles. The molecule has 27 heavy (non-hydrogen) atoms. The van der Waals surface area contributed by atoms with Crippen LogP contribution in [0.25, 0.3) is 5.78 Å². The predicted molar refractivity (Wildman–Crippen MR) is 102 cm³/mol. The van der Waals surface area contributed by atoms with Gasteiger partial charge in [-0.1, -0.05) is 0 Å². The molecule has 1 saturated heterocycles. The molecule has 1 aliphatic carbocycles. The maximum atomic E-state index is 12.8. The normalized spacial score (nSPS) is 20.0. The number of thiazole rings is 1. The van der Waals surface area contributed by atoms with Crippen LogP contribution in [0.5, 0.6) is 0 Å². The minimum absolute atomic E-state index is 0.0944. The van der Waals surface area contributed by atoms with Crippen LogP contribution in [0.2, 0.25) is 0 Å². The highest BCUT2D eigenvalue weighted by molar-refractivity contribution is 7.11. The summed E-state index contributed by atoms with van der Waals surface area (Å²) in [5, 5.41) is 5.58. The summed E-state index contributed by atoms with van der Waals surface area (Å²) in [5.41, 5.74) is 1.31. The van der Waals surface area contributed by atoms with Crippen molar-refractivity contribution in [1.82, 2.24) is 29.5 Å². The molecule has 0 N–H and O–H groups in total. The maximum absolute atomic E-state index is 12.8. The van der Waals surface area contributed by atoms with Gasteiger partial charge in [-0.2, -0.15) is 4.98 Å². The first-order valence-corrected chi connectivity index (χ1v) is 10.5. The van der Waals surface area contributed by atoms with Gasteiger partial charge in [-0.05, 0) is 44.6 Å². The van der Waals surface area contributed by atoms with Gasteiger partial charge in [0.2, 0.25) is 5.91 Å². The van der Waals surface area contributed by atoms with E-state index in [1.165, 1.54) is 34.8 Å². The van der Waals surface area contributed by atoms with Gasteiger partial charge >= 0.3 is 0 Å². The number of carbonyl (C=O) groups is 1. The van der Waals surface area contributed by atoms with E-state index in [-0.39, 0.29) is 12.3 Å². The lowest BCUT2D eigenvalue weighted by Crippen LogP contribution is -2.40. The van der Waals surface area contributed by atoms with Gasteiger partial charge in [0.15, 0.2) is 5.82 Å². The second-order valence-electron chi connectivity index (χ2n) is 7.38. The molecule has 2 aliphatic rings. The number of likely N-dealkylation sites (tertiary alicyclic amines) is 1. The summed E-state index contributed by atoms with van der Waals surface area (Å²) in [6.45, 7) is 1.57. The number of aromatic nitrogens is 5. The molecule has 3 aromatic heterocycles. The topological polar surface area (TPSA) is 76.3 Å². The monoisotopic (exact) mass is 382 g/mol. The Hall–Kier alpha value is -2.35. The van der Waals surface area contributed by atoms with Crippen molar-refractivity contribution >= 4 is 23.0 Å². The fourth-order valence-electron chi connectivity index (χ4n) is 4.05. The van der Waals surface area contributed by atoms with Gasteiger partial charge in [-0.3, -0.25) is 4.79 Å². The first kappa shape index (κ1) is 16.8. The molecule has 5 rings (SSSR count). The van der Waals surface area contributed by atoms with Crippen LogP contribution < -0.4 is 0 Å². The summed E-state index contributed by atoms with van der Waals surface area (Å²) in [4.78, 5) is 29.7. The third kappa shape index (κ3) is 3.34. The standard InChI is InChI=1S/C19H22N6OS/c26-17(11-16-22-19-20-8-4-10-25(19)23-16)24-9-3-5-13(12-24)18-21-14-6-1-2-7-15(14)27-18/h4,8,10,13H,1-3,5-7,9,11-12H2. The first-order valence-electron chi connectivity index (χ1n) is 9.69. The molecule has 3 aromatic rings. The Morgan fingerprint density at radius 1 is 1.22 bits per heavy atom. The molecule has 0 radical (unpaired) electrons. The van der Waals surface area contributed by atoms with Crippen molar-refractivity contribution in [3.8, 4) is 0 Å². The third-order valence-corrected chi connectivity index (χ3v) is 6.78. The van der Waals surface area contributed by atoms with E-state index >= 15 is 0 Å². The number of aryl methyl sites for hydroxylation is 2. The van der Waals surface area contributed by atoms with Crippen molar-refractivity contribution in [2.45, 2.75) is 50.9 Å². The highest BCUT2D eigenvalue weighted by Gasteiger charge is 2.28. The molecule has 0 saturated carbocycles. The largest absolute Gasteiger partial charge is 0.342 e. The molecule has 4 heterocycles. The lowest BCUT2D eigenvalue weighted by atomic mass is 9.98. The van der Waals surface area contributed by atoms with Crippen molar-refractivity contribution < 1.29 is 4.79 Å². The summed E-state index contributed by atoms with van der Waals surface area (Å²) in [6.07, 6.45) is 10.7. The highest BCUT2D eigenvalue weighted by atomic mass is 32.1. The van der Waals surface area contributed by atoms with Crippen LogP contribution >= 0.6 is 11.3 Å². The van der Waals surface area contributed by atoms with E-state index < -0.39 is 0 Å². The number of nitrogens with zero attached hydrogens (tertiary/aromatic N) is 6. The molecule has 0 spiro atoms. The Morgan fingerprint density at radius 3 is 3.04 bits per heavy atom. The van der Waals surface area contributed by atoms with E-state index in [0.717, 1.165) is 32.4 Å². The lowest BCUT2D eigenvalue weighted by Gasteiger charge is -2.31. The van der Waals surface area contributed by atoms with E-state index in [9.17, 15) is 4.79 Å². The van der Waals surface area contributed by atoms with Gasteiger partial charge < -0.3 is 4.90 Å². The average Bonchev–Trinajstić information content (AvgIpc) is 3.31. The predicted octanol–water partition coefficient (Wildman–Crippen LogP) is 2.41. The Labute approximate surface area is 161 Å². The van der Waals surface area contributed by atoms with Crippen molar-refractivity contribution in [2.75, 3.05) is 13.1 Å². The smallest absolute Gasteiger partial charge is 0.252 e. The van der Waals surface area contributed by atoms with Gasteiger partial charge in [0, 0.05) is 36.3 Å². The zero-order valence-corrected chi connectivity index (χ0v) is 16.0. The van der Waals surface area contributed by atoms with E-state index in [1.54, 1.807) is 23.0 Å². The third-order valence-electron chi connectivity index (χ3n) is 5.46. The zero-order valence-electron chi connectivity index (χ0n) is 15.2. The van der Waals surface area contributed by atoms with E-state index in [1.807, 2.05) is 16.2 Å². The Bertz CT molecular complexity index is 923. The van der Waals surface area contributed by atoms with Crippen LogP contribution in [0, 0.1) is 0 Å². The van der Waals surface area contributed by atoms with Crippen molar-refractivity contribution in [3.63, 3.8) is 0 Å². The second kappa shape index (κ2) is 6.99. The number of piperidine rings is 1. The Balaban J connectivity index is 1.28. The fourth-order valence-corrected chi connectivity index (χ4v) is 5.33. The van der Waals surface area contributed by atoms with Crippen molar-refractivity contribution in [1.29, 1.82) is 0 Å². The van der Waals surface area contributed by atoms with Gasteiger partial charge in [-0.25, -0.2) is 14.5 Å². The minimum atomic E-state index is 0.0944. The van der Waals surface area contributed by atoms with Crippen LogP contribution in [0.3, 0.4) is 0 Å². The van der Waals surface area contributed by atoms with E-state index in [0.29, 0.717) is 17.5 Å². The van der Waals surface area contributed by atoms with Crippen LogP contribution in [0.1, 0.15) is 53.0 Å². The number of amides is 1. The number of fused-ring (bicyclic) bond motifs is 2. The van der Waals surface area contributed by atoms with Crippen LogP contribution in [0.4, 0.5) is 0 Å². The fraction of sp³-hybridized carbons (Fsp3) is 0.526. The molecular weight excluding hydrogens is 360 g/mol. The van der Waals surface area contributed by atoms with Crippen LogP contribution in [-0.4, -0.2) is 48.5 Å². The number of hydrogen-bond donors (Lipinski definition) is 0. The van der Waals surface area contributed by atoms with E-state index in [4.69, 9.17) is 4.98 Å². The maximum Gasteiger partial charge on any atom is 0.252 e. The van der Waals surface area contributed by atoms with Crippen LogP contribution in [0.15, 0.2) is 18.5 Å². The molecule has 1 amide bonds. The lowest BCUT2D eigenvalue weighted by molar-refractivity contribution is -0.131. The first-order chi connectivity index (χ1) is 13.3. The van der Waals surface area contributed by atoms with Crippen molar-refractivity contribution in [3.05, 3.63) is 39.9 Å². The molecule has 1 unspecified atom stereocenters. The zero-order chi connectivity index (χ0) is 18.2. The summed E-state index contributed by atoms with van der Waals surface area (Å²) in [6, 6.07) is 1.80. The van der Waals surface area contributed by atoms with E-state index in [2.05, 4.69) is 15.1 Å². The summed E-state index contributed by atoms with van der Waals surface area (Å²) in [7, 11) is 0. The van der Waals surface area contributed by atoms with Gasteiger partial charge in [0.05, 0.1) is 17.1 Å². The van der Waals surface area contributed by atoms with Crippen LogP contribution in [-0.2, 0) is 24.1 Å². The van der Waals surface area contributed by atoms with Gasteiger partial charge in [-0.15, -0.1) is 16.4 Å².